The van der Waals surface area contributed by atoms with Gasteiger partial charge in [0.2, 0.25) is 22.5 Å². The zero-order chi connectivity index (χ0) is 36.3. The van der Waals surface area contributed by atoms with E-state index in [9.17, 15) is 53.7 Å². The quantitative estimate of drug-likeness (QED) is 0.0244. The molecule has 1 aliphatic rings. The molecule has 1 aliphatic heterocycles. The van der Waals surface area contributed by atoms with Crippen molar-refractivity contribution in [2.75, 3.05) is 32.8 Å². The van der Waals surface area contributed by atoms with Crippen LogP contribution in [-0.4, -0.2) is 140 Å². The van der Waals surface area contributed by atoms with Gasteiger partial charge in [0.1, 0.15) is 6.04 Å². The highest BCUT2D eigenvalue weighted by Crippen LogP contribution is 2.46. The number of carbonyl (C=O) groups excluding carboxylic acids is 6. The van der Waals surface area contributed by atoms with E-state index in [1.165, 1.54) is 0 Å². The highest BCUT2D eigenvalue weighted by molar-refractivity contribution is 8.16. The lowest BCUT2D eigenvalue weighted by atomic mass is 9.68. The Labute approximate surface area is 272 Å². The highest BCUT2D eigenvalue weighted by Gasteiger charge is 2.76. The number of nitrogens with two attached hydrogens (primary N) is 6. The van der Waals surface area contributed by atoms with E-state index in [2.05, 4.69) is 10.6 Å². The minimum atomic E-state index is -4.18. The molecule has 6 atom stereocenters. The van der Waals surface area contributed by atoms with Gasteiger partial charge in [0.25, 0.3) is 0 Å². The number of guanidine groups is 1. The van der Waals surface area contributed by atoms with Crippen molar-refractivity contribution in [3.05, 3.63) is 0 Å². The van der Waals surface area contributed by atoms with E-state index in [-0.39, 0.29) is 30.8 Å². The van der Waals surface area contributed by atoms with Crippen LogP contribution in [0.5, 0.6) is 0 Å². The van der Waals surface area contributed by atoms with Gasteiger partial charge in [-0.3, -0.25) is 43.9 Å². The molecule has 0 spiro atoms. The largest absolute Gasteiger partial charge is 0.481 e. The topological polar surface area (TPSA) is 405 Å². The molecule has 0 aliphatic carbocycles. The van der Waals surface area contributed by atoms with Crippen LogP contribution in [-0.2, 0) is 38.4 Å². The summed E-state index contributed by atoms with van der Waals surface area (Å²) in [6, 6.07) is -7.99. The van der Waals surface area contributed by atoms with E-state index in [1.807, 2.05) is 0 Å². The summed E-state index contributed by atoms with van der Waals surface area (Å²) < 4.78 is -3.73. The number of amides is 2. The fourth-order valence-corrected chi connectivity index (χ4v) is 6.37. The number of thioether (sulfide) groups is 1. The maximum absolute atomic E-state index is 14.5. The van der Waals surface area contributed by atoms with Crippen LogP contribution in [0.1, 0.15) is 32.1 Å². The van der Waals surface area contributed by atoms with Crippen molar-refractivity contribution in [1.82, 2.24) is 15.5 Å². The summed E-state index contributed by atoms with van der Waals surface area (Å²) in [5.41, 5.74) is 29.9. The SMILES string of the molecule is N=C(N)NCCCC(N)C(=O)C(SC(=O)CN)(C(=O)CN)C(C(=O)O)(C(=O)C(N)CC(=O)O)N(C(=O)C(N)CO)C(=O)C1CCCN1. The first-order chi connectivity index (χ1) is 21.9. The minimum absolute atomic E-state index is 0.0641. The molecule has 1 saturated heterocycles. The molecule has 2 amide bonds. The van der Waals surface area contributed by atoms with E-state index >= 15 is 0 Å². The molecule has 22 heteroatoms. The van der Waals surface area contributed by atoms with Crippen molar-refractivity contribution in [2.24, 2.45) is 34.4 Å². The molecule has 0 aromatic rings. The second-order valence-electron chi connectivity index (χ2n) is 10.5. The molecule has 21 nitrogen and oxygen atoms in total. The number of hydrogen-bond donors (Lipinski definition) is 12. The molecule has 47 heavy (non-hydrogen) atoms. The predicted octanol–water partition coefficient (Wildman–Crippen LogP) is -6.75. The van der Waals surface area contributed by atoms with Crippen LogP contribution in [0.4, 0.5) is 0 Å². The average molecular weight is 691 g/mol. The number of aliphatic hydroxyl groups is 1. The molecule has 0 aromatic carbocycles. The Kier molecular flexibility index (Phi) is 15.6. The molecule has 1 heterocycles. The predicted molar refractivity (Wildman–Crippen MR) is 164 cm³/mol. The van der Waals surface area contributed by atoms with Crippen LogP contribution in [0.2, 0.25) is 0 Å². The van der Waals surface area contributed by atoms with Crippen LogP contribution < -0.4 is 45.0 Å². The molecule has 1 rings (SSSR count). The van der Waals surface area contributed by atoms with Gasteiger partial charge in [-0.15, -0.1) is 0 Å². The number of hydrogen-bond acceptors (Lipinski definition) is 17. The Bertz CT molecular complexity index is 1260. The number of imide groups is 1. The van der Waals surface area contributed by atoms with Gasteiger partial charge in [0.15, 0.2) is 28.1 Å². The first kappa shape index (κ1) is 41.1. The van der Waals surface area contributed by atoms with E-state index in [0.29, 0.717) is 6.42 Å². The Morgan fingerprint density at radius 2 is 1.60 bits per heavy atom. The van der Waals surface area contributed by atoms with Crippen molar-refractivity contribution >= 4 is 63.9 Å². The van der Waals surface area contributed by atoms with E-state index in [1.54, 1.807) is 0 Å². The monoisotopic (exact) mass is 690 g/mol. The van der Waals surface area contributed by atoms with Crippen LogP contribution in [0.3, 0.4) is 0 Å². The van der Waals surface area contributed by atoms with Crippen molar-refractivity contribution in [1.29, 1.82) is 5.41 Å². The molecule has 0 radical (unpaired) electrons. The van der Waals surface area contributed by atoms with Gasteiger partial charge in [0, 0.05) is 6.54 Å². The molecule has 0 bridgehead atoms. The molecule has 0 saturated carbocycles. The van der Waals surface area contributed by atoms with Gasteiger partial charge in [-0.25, -0.2) is 4.79 Å². The maximum atomic E-state index is 14.5. The second-order valence-corrected chi connectivity index (χ2v) is 11.7. The van der Waals surface area contributed by atoms with Crippen LogP contribution in [0.25, 0.3) is 0 Å². The lowest BCUT2D eigenvalue weighted by Gasteiger charge is -2.50. The summed E-state index contributed by atoms with van der Waals surface area (Å²) in [4.78, 5) is 109. The number of nitrogens with zero attached hydrogens (tertiary/aromatic N) is 1. The molecule has 1 fully saturated rings. The van der Waals surface area contributed by atoms with Crippen LogP contribution in [0, 0.1) is 5.41 Å². The van der Waals surface area contributed by atoms with Gasteiger partial charge in [-0.05, 0) is 32.2 Å². The fourth-order valence-electron chi connectivity index (χ4n) is 5.07. The van der Waals surface area contributed by atoms with E-state index < -0.39 is 131 Å². The van der Waals surface area contributed by atoms with Crippen LogP contribution in [0.15, 0.2) is 0 Å². The first-order valence-corrected chi connectivity index (χ1v) is 15.0. The number of aliphatic carboxylic acids is 2. The summed E-state index contributed by atoms with van der Waals surface area (Å²) in [6.07, 6.45) is -1.63. The number of carbonyl (C=O) groups is 8. The summed E-state index contributed by atoms with van der Waals surface area (Å²) in [6.45, 7) is -3.47. The summed E-state index contributed by atoms with van der Waals surface area (Å²) in [5, 5.41) is 41.2. The Morgan fingerprint density at radius 1 is 0.979 bits per heavy atom. The fraction of sp³-hybridized carbons (Fsp3) is 0.640. The zero-order valence-corrected chi connectivity index (χ0v) is 26.1. The highest BCUT2D eigenvalue weighted by atomic mass is 32.2. The minimum Gasteiger partial charge on any atom is -0.481 e. The number of carboxylic acid groups (broad SMARTS) is 2. The molecule has 0 aromatic heterocycles. The summed E-state index contributed by atoms with van der Waals surface area (Å²) >= 11 is -0.437. The third kappa shape index (κ3) is 8.72. The normalized spacial score (nSPS) is 18.8. The number of Topliss-reactive ketones (excluding diaryl/α,β-unsaturated/α-hetero) is 3. The van der Waals surface area contributed by atoms with Crippen LogP contribution >= 0.6 is 11.8 Å². The molecular weight excluding hydrogens is 648 g/mol. The lowest BCUT2D eigenvalue weighted by molar-refractivity contribution is -0.177. The number of ketones is 3. The van der Waals surface area contributed by atoms with Gasteiger partial charge >= 0.3 is 11.9 Å². The second kappa shape index (κ2) is 17.9. The van der Waals surface area contributed by atoms with Gasteiger partial charge in [-0.2, -0.15) is 0 Å². The Balaban J connectivity index is 4.51. The van der Waals surface area contributed by atoms with Gasteiger partial charge in [0.05, 0.1) is 44.2 Å². The Morgan fingerprint density at radius 3 is 2.04 bits per heavy atom. The van der Waals surface area contributed by atoms with Crippen molar-refractivity contribution in [2.45, 2.75) is 66.6 Å². The summed E-state index contributed by atoms with van der Waals surface area (Å²) in [7, 11) is 0. The zero-order valence-electron chi connectivity index (χ0n) is 25.3. The number of aliphatic hydroxyl groups excluding tert-OH is 1. The number of rotatable bonds is 20. The van der Waals surface area contributed by atoms with Crippen molar-refractivity contribution in [3.8, 4) is 0 Å². The molecular formula is C25H42N10O11S. The number of carboxylic acids is 2. The smallest absolute Gasteiger partial charge is 0.340 e. The summed E-state index contributed by atoms with van der Waals surface area (Å²) in [5.74, 6) is -13.6. The van der Waals surface area contributed by atoms with E-state index in [4.69, 9.17) is 39.8 Å². The maximum Gasteiger partial charge on any atom is 0.340 e. The number of nitrogens with one attached hydrogen (secondary N) is 3. The van der Waals surface area contributed by atoms with E-state index in [0.717, 1.165) is 0 Å². The lowest BCUT2D eigenvalue weighted by Crippen LogP contribution is -2.83. The third-order valence-electron chi connectivity index (χ3n) is 7.26. The Hall–Kier alpha value is -3.90. The average Bonchev–Trinajstić information content (AvgIpc) is 3.57. The van der Waals surface area contributed by atoms with Gasteiger partial charge in [-0.1, -0.05) is 11.8 Å². The third-order valence-corrected chi connectivity index (χ3v) is 8.68. The molecule has 264 valence electrons. The van der Waals surface area contributed by atoms with Gasteiger partial charge < -0.3 is 60.4 Å². The molecule has 18 N–H and O–H groups in total. The first-order valence-electron chi connectivity index (χ1n) is 14.2. The molecule has 6 unspecified atom stereocenters. The standard InChI is InChI=1S/C25H42N10O11S/c26-8-15(37)25(47-17(40)9-27,19(42)11(28)3-1-6-34-23(31)32)24(22(45)46,18(41)12(29)7-16(38)39)35(20(43)13(30)10-36)21(44)14-4-2-5-33-14/h11-14,33,36H,1-10,26-30H2,(H,38,39)(H,45,46)(H4,31,32,34). The van der Waals surface area contributed by atoms with Crippen molar-refractivity contribution < 1.29 is 53.7 Å². The van der Waals surface area contributed by atoms with Crippen molar-refractivity contribution in [3.63, 3.8) is 0 Å².